The van der Waals surface area contributed by atoms with Crippen molar-refractivity contribution in [2.45, 2.75) is 5.75 Å². The molecule has 1 amide bonds. The second-order valence-electron chi connectivity index (χ2n) is 9.17. The van der Waals surface area contributed by atoms with Crippen molar-refractivity contribution in [3.8, 4) is 5.69 Å². The summed E-state index contributed by atoms with van der Waals surface area (Å²) >= 11 is 12.6. The molecule has 1 saturated heterocycles. The highest BCUT2D eigenvalue weighted by Gasteiger charge is 2.35. The number of fused-ring (bicyclic) bond motifs is 1. The minimum Gasteiger partial charge on any atom is -0.304 e. The van der Waals surface area contributed by atoms with E-state index >= 15 is 0 Å². The first kappa shape index (κ1) is 25.9. The Balaban J connectivity index is 1.66. The van der Waals surface area contributed by atoms with Crippen LogP contribution < -0.4 is 5.43 Å². The van der Waals surface area contributed by atoms with Gasteiger partial charge in [0.05, 0.1) is 27.9 Å². The summed E-state index contributed by atoms with van der Waals surface area (Å²) in [6.45, 7) is 2.82. The maximum Gasteiger partial charge on any atom is 0.286 e. The van der Waals surface area contributed by atoms with Crippen molar-refractivity contribution < 1.29 is 17.6 Å². The third-order valence-electron chi connectivity index (χ3n) is 6.35. The van der Waals surface area contributed by atoms with Gasteiger partial charge in [-0.3, -0.25) is 10.2 Å². The maximum atomic E-state index is 13.5. The lowest BCUT2D eigenvalue weighted by molar-refractivity contribution is 0.0656. The molecule has 1 aromatic heterocycles. The molecule has 1 N–H and O–H groups in total. The first-order chi connectivity index (χ1) is 17.6. The standard InChI is InChI=1S/C25H24Cl2FN5O3S/c1-31-8-10-32(11-9-31)30-25(34)23-20-15-37(35,36)14-17(12-16-2-5-19(28)6-3-16)24(20)33(29-23)22-7-4-18(26)13-21(22)27/h2-7,12-13H,8-11,14-15H2,1H3,(H,30,34). The number of amides is 1. The van der Waals surface area contributed by atoms with Gasteiger partial charge in [0, 0.05) is 36.8 Å². The monoisotopic (exact) mass is 563 g/mol. The summed E-state index contributed by atoms with van der Waals surface area (Å²) in [6.07, 6.45) is 1.67. The molecule has 0 spiro atoms. The molecule has 194 valence electrons. The fourth-order valence-electron chi connectivity index (χ4n) is 4.49. The Kier molecular flexibility index (Phi) is 7.12. The molecule has 0 aliphatic carbocycles. The zero-order valence-electron chi connectivity index (χ0n) is 19.9. The highest BCUT2D eigenvalue weighted by atomic mass is 35.5. The van der Waals surface area contributed by atoms with Crippen molar-refractivity contribution in [3.63, 3.8) is 0 Å². The molecule has 5 rings (SSSR count). The van der Waals surface area contributed by atoms with E-state index in [2.05, 4.69) is 15.4 Å². The SMILES string of the molecule is CN1CCN(NC(=O)c2nn(-c3ccc(Cl)cc3Cl)c3c2CS(=O)(=O)CC3=Cc2ccc(F)cc2)CC1. The van der Waals surface area contributed by atoms with E-state index in [-0.39, 0.29) is 22.8 Å². The van der Waals surface area contributed by atoms with Crippen LogP contribution in [0.2, 0.25) is 10.0 Å². The minimum atomic E-state index is -3.61. The molecule has 2 aromatic carbocycles. The van der Waals surface area contributed by atoms with Crippen molar-refractivity contribution in [1.29, 1.82) is 0 Å². The molecule has 0 atom stereocenters. The minimum absolute atomic E-state index is 0.00762. The highest BCUT2D eigenvalue weighted by Crippen LogP contribution is 2.36. The summed E-state index contributed by atoms with van der Waals surface area (Å²) in [6, 6.07) is 10.6. The lowest BCUT2D eigenvalue weighted by Gasteiger charge is -2.32. The fourth-order valence-corrected chi connectivity index (χ4v) is 6.49. The molecule has 3 aromatic rings. The highest BCUT2D eigenvalue weighted by molar-refractivity contribution is 7.91. The Morgan fingerprint density at radius 3 is 2.43 bits per heavy atom. The van der Waals surface area contributed by atoms with Crippen molar-refractivity contribution in [2.24, 2.45) is 0 Å². The Labute approximate surface area is 224 Å². The zero-order valence-corrected chi connectivity index (χ0v) is 22.2. The number of hydrogen-bond donors (Lipinski definition) is 1. The molecule has 0 saturated carbocycles. The molecular weight excluding hydrogens is 540 g/mol. The van der Waals surface area contributed by atoms with Crippen LogP contribution in [0.4, 0.5) is 4.39 Å². The number of halogens is 3. The quantitative estimate of drug-likeness (QED) is 0.521. The molecule has 12 heteroatoms. The number of hydrogen-bond acceptors (Lipinski definition) is 6. The summed E-state index contributed by atoms with van der Waals surface area (Å²) in [5, 5.41) is 7.09. The van der Waals surface area contributed by atoms with Crippen LogP contribution in [-0.4, -0.2) is 73.0 Å². The van der Waals surface area contributed by atoms with Crippen LogP contribution in [0.15, 0.2) is 42.5 Å². The number of nitrogens with zero attached hydrogens (tertiary/aromatic N) is 4. The van der Waals surface area contributed by atoms with E-state index < -0.39 is 21.6 Å². The van der Waals surface area contributed by atoms with E-state index in [1.807, 2.05) is 7.05 Å². The third-order valence-corrected chi connectivity index (χ3v) is 8.37. The normalized spacial score (nSPS) is 19.1. The Hall–Kier alpha value is -2.76. The summed E-state index contributed by atoms with van der Waals surface area (Å²) in [5.74, 6) is -1.52. The maximum absolute atomic E-state index is 13.5. The zero-order chi connectivity index (χ0) is 26.3. The van der Waals surface area contributed by atoms with Crippen LogP contribution in [-0.2, 0) is 15.6 Å². The molecule has 0 unspecified atom stereocenters. The molecule has 3 heterocycles. The second-order valence-corrected chi connectivity index (χ2v) is 12.1. The number of carbonyl (C=O) groups excluding carboxylic acids is 1. The van der Waals surface area contributed by atoms with Gasteiger partial charge in [0.15, 0.2) is 15.5 Å². The van der Waals surface area contributed by atoms with E-state index in [9.17, 15) is 17.6 Å². The van der Waals surface area contributed by atoms with E-state index in [0.29, 0.717) is 45.7 Å². The smallest absolute Gasteiger partial charge is 0.286 e. The van der Waals surface area contributed by atoms with E-state index in [0.717, 1.165) is 13.1 Å². The van der Waals surface area contributed by atoms with Gasteiger partial charge in [-0.2, -0.15) is 5.10 Å². The number of likely N-dealkylation sites (N-methyl/N-ethyl adjacent to an activating group) is 1. The van der Waals surface area contributed by atoms with Gasteiger partial charge < -0.3 is 4.90 Å². The molecular formula is C25H24Cl2FN5O3S. The fraction of sp³-hybridized carbons (Fsp3) is 0.280. The number of rotatable bonds is 4. The number of piperazine rings is 1. The van der Waals surface area contributed by atoms with Crippen molar-refractivity contribution >= 4 is 50.6 Å². The predicted molar refractivity (Wildman–Crippen MR) is 142 cm³/mol. The average Bonchev–Trinajstić information content (AvgIpc) is 3.20. The Morgan fingerprint density at radius 1 is 1.05 bits per heavy atom. The predicted octanol–water partition coefficient (Wildman–Crippen LogP) is 3.68. The van der Waals surface area contributed by atoms with Crippen LogP contribution in [0.25, 0.3) is 17.3 Å². The van der Waals surface area contributed by atoms with E-state index in [1.54, 1.807) is 41.4 Å². The molecule has 0 bridgehead atoms. The number of nitrogens with one attached hydrogen (secondary N) is 1. The molecule has 2 aliphatic heterocycles. The second kappa shape index (κ2) is 10.2. The van der Waals surface area contributed by atoms with Gasteiger partial charge in [-0.15, -0.1) is 0 Å². The molecule has 2 aliphatic rings. The summed E-state index contributed by atoms with van der Waals surface area (Å²) in [7, 11) is -1.60. The summed E-state index contributed by atoms with van der Waals surface area (Å²) in [5.41, 5.74) is 5.12. The van der Waals surface area contributed by atoms with Crippen molar-refractivity contribution in [1.82, 2.24) is 25.1 Å². The number of carbonyl (C=O) groups is 1. The van der Waals surface area contributed by atoms with Crippen molar-refractivity contribution in [2.75, 3.05) is 39.0 Å². The van der Waals surface area contributed by atoms with Gasteiger partial charge in [0.2, 0.25) is 0 Å². The lowest BCUT2D eigenvalue weighted by atomic mass is 10.0. The molecule has 8 nitrogen and oxygen atoms in total. The van der Waals surface area contributed by atoms with Crippen LogP contribution in [0, 0.1) is 5.82 Å². The number of sulfone groups is 1. The van der Waals surface area contributed by atoms with Gasteiger partial charge in [-0.05, 0) is 54.6 Å². The van der Waals surface area contributed by atoms with Crippen LogP contribution in [0.3, 0.4) is 0 Å². The summed E-state index contributed by atoms with van der Waals surface area (Å²) < 4.78 is 41.0. The van der Waals surface area contributed by atoms with Gasteiger partial charge in [-0.1, -0.05) is 35.3 Å². The topological polar surface area (TPSA) is 87.5 Å². The van der Waals surface area contributed by atoms with Crippen LogP contribution in [0.1, 0.15) is 27.3 Å². The van der Waals surface area contributed by atoms with Gasteiger partial charge in [0.1, 0.15) is 5.82 Å². The first-order valence-corrected chi connectivity index (χ1v) is 14.2. The third kappa shape index (κ3) is 5.58. The summed E-state index contributed by atoms with van der Waals surface area (Å²) in [4.78, 5) is 15.6. The number of benzene rings is 2. The van der Waals surface area contributed by atoms with Gasteiger partial charge in [0.25, 0.3) is 5.91 Å². The number of hydrazine groups is 1. The van der Waals surface area contributed by atoms with Crippen LogP contribution >= 0.6 is 23.2 Å². The Bertz CT molecular complexity index is 1500. The van der Waals surface area contributed by atoms with Gasteiger partial charge in [-0.25, -0.2) is 22.5 Å². The molecule has 1 fully saturated rings. The average molecular weight is 564 g/mol. The molecule has 0 radical (unpaired) electrons. The lowest BCUT2D eigenvalue weighted by Crippen LogP contribution is -2.52. The molecule has 37 heavy (non-hydrogen) atoms. The Morgan fingerprint density at radius 2 is 1.76 bits per heavy atom. The number of aromatic nitrogens is 2. The van der Waals surface area contributed by atoms with Crippen molar-refractivity contribution in [3.05, 3.63) is 80.8 Å². The van der Waals surface area contributed by atoms with Gasteiger partial charge >= 0.3 is 0 Å². The van der Waals surface area contributed by atoms with E-state index in [1.165, 1.54) is 16.8 Å². The van der Waals surface area contributed by atoms with E-state index in [4.69, 9.17) is 23.2 Å². The largest absolute Gasteiger partial charge is 0.304 e. The van der Waals surface area contributed by atoms with Crippen LogP contribution in [0.5, 0.6) is 0 Å². The first-order valence-electron chi connectivity index (χ1n) is 11.6.